The van der Waals surface area contributed by atoms with Gasteiger partial charge in [-0.25, -0.2) is 0 Å². The van der Waals surface area contributed by atoms with Crippen LogP contribution in [0.3, 0.4) is 0 Å². The second-order valence-corrected chi connectivity index (χ2v) is 5.25. The van der Waals surface area contributed by atoms with Gasteiger partial charge in [0.2, 0.25) is 0 Å². The number of hydrogen-bond acceptors (Lipinski definition) is 3. The zero-order valence-electron chi connectivity index (χ0n) is 9.74. The summed E-state index contributed by atoms with van der Waals surface area (Å²) in [5, 5.41) is 22.3. The summed E-state index contributed by atoms with van der Waals surface area (Å²) in [5.74, 6) is 2.09. The van der Waals surface area contributed by atoms with E-state index in [-0.39, 0.29) is 0 Å². The highest BCUT2D eigenvalue weighted by molar-refractivity contribution is 6.58. The van der Waals surface area contributed by atoms with E-state index in [0.29, 0.717) is 17.3 Å². The first-order valence-corrected chi connectivity index (χ1v) is 6.29. The monoisotopic (exact) mass is 232 g/mol. The molecule has 4 rings (SSSR count). The van der Waals surface area contributed by atoms with Gasteiger partial charge in [0.1, 0.15) is 0 Å². The molecule has 3 unspecified atom stereocenters. The number of rotatable bonds is 3. The zero-order valence-corrected chi connectivity index (χ0v) is 9.74. The molecule has 3 atom stereocenters. The summed E-state index contributed by atoms with van der Waals surface area (Å²) in [6.07, 6.45) is 11.8. The van der Waals surface area contributed by atoms with Crippen LogP contribution in [-0.4, -0.2) is 26.9 Å². The maximum Gasteiger partial charge on any atom is 0.491 e. The Morgan fingerprint density at radius 1 is 1.35 bits per heavy atom. The van der Waals surface area contributed by atoms with Crippen LogP contribution in [0.5, 0.6) is 0 Å². The molecule has 0 amide bonds. The van der Waals surface area contributed by atoms with Crippen molar-refractivity contribution < 1.29 is 10.0 Å². The largest absolute Gasteiger partial charge is 0.491 e. The Bertz CT molecular complexity index is 430. The molecule has 1 aromatic rings. The van der Waals surface area contributed by atoms with E-state index in [1.807, 2.05) is 4.68 Å². The predicted molar refractivity (Wildman–Crippen MR) is 65.5 cm³/mol. The van der Waals surface area contributed by atoms with Gasteiger partial charge < -0.3 is 10.0 Å². The fourth-order valence-electron chi connectivity index (χ4n) is 3.11. The molecule has 1 fully saturated rings. The van der Waals surface area contributed by atoms with Crippen LogP contribution in [0.2, 0.25) is 0 Å². The summed E-state index contributed by atoms with van der Waals surface area (Å²) >= 11 is 0. The van der Waals surface area contributed by atoms with Gasteiger partial charge in [0.15, 0.2) is 0 Å². The third kappa shape index (κ3) is 2.17. The van der Waals surface area contributed by atoms with Crippen LogP contribution < -0.4 is 5.46 Å². The van der Waals surface area contributed by atoms with E-state index < -0.39 is 7.12 Å². The topological polar surface area (TPSA) is 58.3 Å². The summed E-state index contributed by atoms with van der Waals surface area (Å²) in [6.45, 7) is 0.887. The highest BCUT2D eigenvalue weighted by atomic mass is 16.4. The van der Waals surface area contributed by atoms with Crippen LogP contribution in [0.1, 0.15) is 19.3 Å². The predicted octanol–water partition coefficient (Wildman–Crippen LogP) is 0.165. The van der Waals surface area contributed by atoms with Crippen LogP contribution >= 0.6 is 0 Å². The van der Waals surface area contributed by atoms with Gasteiger partial charge in [-0.3, -0.25) is 4.68 Å². The van der Waals surface area contributed by atoms with Crippen molar-refractivity contribution in [2.75, 3.05) is 0 Å². The van der Waals surface area contributed by atoms with Gasteiger partial charge in [0.05, 0.1) is 0 Å². The summed E-state index contributed by atoms with van der Waals surface area (Å²) in [4.78, 5) is 0. The highest BCUT2D eigenvalue weighted by Gasteiger charge is 2.32. The number of allylic oxidation sites excluding steroid dienone is 2. The van der Waals surface area contributed by atoms with Crippen LogP contribution in [0.25, 0.3) is 0 Å². The average molecular weight is 232 g/mol. The molecule has 0 aliphatic heterocycles. The van der Waals surface area contributed by atoms with Crippen LogP contribution in [0.4, 0.5) is 0 Å². The van der Waals surface area contributed by atoms with Crippen molar-refractivity contribution in [3.05, 3.63) is 24.5 Å². The van der Waals surface area contributed by atoms with Crippen LogP contribution in [0, 0.1) is 17.8 Å². The molecule has 3 aliphatic carbocycles. The lowest BCUT2D eigenvalue weighted by Gasteiger charge is -2.37. The molecule has 17 heavy (non-hydrogen) atoms. The molecule has 4 nitrogen and oxygen atoms in total. The van der Waals surface area contributed by atoms with Crippen molar-refractivity contribution >= 4 is 12.6 Å². The number of nitrogens with zero attached hydrogens (tertiary/aromatic N) is 2. The standard InChI is InChI=1S/C12H17BN2O2/c16-13(17)12-6-14-15(8-12)7-11-5-9-1-3-10(11)4-2-9/h1,3,6,8-11,16-17H,2,4-5,7H2. The smallest absolute Gasteiger partial charge is 0.423 e. The average Bonchev–Trinajstić information content (AvgIpc) is 2.79. The normalized spacial score (nSPS) is 30.8. The van der Waals surface area contributed by atoms with Gasteiger partial charge in [0, 0.05) is 24.4 Å². The quantitative estimate of drug-likeness (QED) is 0.576. The lowest BCUT2D eigenvalue weighted by molar-refractivity contribution is 0.193. The third-order valence-electron chi connectivity index (χ3n) is 4.09. The molecule has 0 aromatic carbocycles. The van der Waals surface area contributed by atoms with Gasteiger partial charge in [-0.05, 0) is 37.0 Å². The van der Waals surface area contributed by atoms with Gasteiger partial charge in [-0.1, -0.05) is 12.2 Å². The SMILES string of the molecule is OB(O)c1cnn(CC2CC3C=CC2CC3)c1. The zero-order chi connectivity index (χ0) is 11.8. The minimum absolute atomic E-state index is 0.474. The molecule has 0 spiro atoms. The lowest BCUT2D eigenvalue weighted by Crippen LogP contribution is -2.31. The van der Waals surface area contributed by atoms with Crippen LogP contribution in [0.15, 0.2) is 24.5 Å². The first-order chi connectivity index (χ1) is 8.22. The van der Waals surface area contributed by atoms with E-state index in [1.54, 1.807) is 6.20 Å². The summed E-state index contributed by atoms with van der Waals surface area (Å²) in [5.41, 5.74) is 0.474. The molecule has 2 N–H and O–H groups in total. The molecule has 3 aliphatic rings. The van der Waals surface area contributed by atoms with Crippen LogP contribution in [-0.2, 0) is 6.54 Å². The molecular weight excluding hydrogens is 215 g/mol. The maximum atomic E-state index is 9.04. The number of fused-ring (bicyclic) bond motifs is 2. The van der Waals surface area contributed by atoms with E-state index in [0.717, 1.165) is 12.5 Å². The lowest BCUT2D eigenvalue weighted by atomic mass is 9.69. The Morgan fingerprint density at radius 3 is 2.76 bits per heavy atom. The van der Waals surface area contributed by atoms with Crippen molar-refractivity contribution in [2.45, 2.75) is 25.8 Å². The van der Waals surface area contributed by atoms with E-state index >= 15 is 0 Å². The van der Waals surface area contributed by atoms with Crippen molar-refractivity contribution in [2.24, 2.45) is 17.8 Å². The number of hydrogen-bond donors (Lipinski definition) is 2. The summed E-state index contributed by atoms with van der Waals surface area (Å²) in [7, 11) is -1.41. The van der Waals surface area contributed by atoms with Gasteiger partial charge >= 0.3 is 7.12 Å². The van der Waals surface area contributed by atoms with E-state index in [4.69, 9.17) is 10.0 Å². The Kier molecular flexibility index (Phi) is 2.80. The molecule has 0 saturated heterocycles. The van der Waals surface area contributed by atoms with Crippen molar-refractivity contribution in [1.82, 2.24) is 9.78 Å². The van der Waals surface area contributed by atoms with E-state index in [1.165, 1.54) is 25.5 Å². The fourth-order valence-corrected chi connectivity index (χ4v) is 3.11. The summed E-state index contributed by atoms with van der Waals surface area (Å²) < 4.78 is 1.84. The molecule has 1 heterocycles. The first-order valence-electron chi connectivity index (χ1n) is 6.29. The second kappa shape index (κ2) is 4.31. The molecule has 0 radical (unpaired) electrons. The minimum atomic E-state index is -1.41. The summed E-state index contributed by atoms with van der Waals surface area (Å²) in [6, 6.07) is 0. The second-order valence-electron chi connectivity index (χ2n) is 5.25. The Hall–Kier alpha value is -1.07. The van der Waals surface area contributed by atoms with Crippen molar-refractivity contribution in [3.63, 3.8) is 0 Å². The molecule has 1 aromatic heterocycles. The Balaban J connectivity index is 1.68. The Morgan fingerprint density at radius 2 is 2.24 bits per heavy atom. The maximum absolute atomic E-state index is 9.04. The Labute approximate surface area is 101 Å². The fraction of sp³-hybridized carbons (Fsp3) is 0.583. The van der Waals surface area contributed by atoms with E-state index in [2.05, 4.69) is 17.3 Å². The van der Waals surface area contributed by atoms with Gasteiger partial charge in [0.25, 0.3) is 0 Å². The van der Waals surface area contributed by atoms with Gasteiger partial charge in [-0.15, -0.1) is 0 Å². The van der Waals surface area contributed by atoms with Gasteiger partial charge in [-0.2, -0.15) is 5.10 Å². The number of aromatic nitrogens is 2. The first kappa shape index (κ1) is 11.0. The molecule has 1 saturated carbocycles. The minimum Gasteiger partial charge on any atom is -0.423 e. The van der Waals surface area contributed by atoms with Crippen molar-refractivity contribution in [1.29, 1.82) is 0 Å². The van der Waals surface area contributed by atoms with Crippen molar-refractivity contribution in [3.8, 4) is 0 Å². The highest BCUT2D eigenvalue weighted by Crippen LogP contribution is 2.40. The van der Waals surface area contributed by atoms with E-state index in [9.17, 15) is 0 Å². The molecule has 5 heteroatoms. The molecular formula is C12H17BN2O2. The third-order valence-corrected chi connectivity index (χ3v) is 4.09. The molecule has 2 bridgehead atoms. The molecule has 90 valence electrons.